The molecule has 0 aliphatic heterocycles. The number of carbonyl (C=O) groups excluding carboxylic acids is 1. The maximum Gasteiger partial charge on any atom is 0.694 e. The molecular formula is C8H14O5P+. The van der Waals surface area contributed by atoms with Crippen LogP contribution < -0.4 is 0 Å². The molecule has 0 aliphatic carbocycles. The largest absolute Gasteiger partial charge is 0.694 e. The molecule has 0 heterocycles. The molecule has 0 radical (unpaired) electrons. The van der Waals surface area contributed by atoms with E-state index in [9.17, 15) is 9.36 Å². The van der Waals surface area contributed by atoms with Crippen molar-refractivity contribution in [3.8, 4) is 0 Å². The van der Waals surface area contributed by atoms with Crippen molar-refractivity contribution in [2.75, 3.05) is 6.61 Å². The van der Waals surface area contributed by atoms with Gasteiger partial charge in [-0.3, -0.25) is 0 Å². The molecule has 0 amide bonds. The first-order valence-electron chi connectivity index (χ1n) is 4.12. The third-order valence-electron chi connectivity index (χ3n) is 1.45. The molecule has 0 rings (SSSR count). The van der Waals surface area contributed by atoms with Crippen molar-refractivity contribution in [3.63, 3.8) is 0 Å². The van der Waals surface area contributed by atoms with Crippen molar-refractivity contribution in [2.45, 2.75) is 26.4 Å². The first-order valence-corrected chi connectivity index (χ1v) is 5.26. The first-order chi connectivity index (χ1) is 6.47. The van der Waals surface area contributed by atoms with Crippen LogP contribution in [0.5, 0.6) is 0 Å². The summed E-state index contributed by atoms with van der Waals surface area (Å²) in [6.07, 6.45) is 0.00708. The smallest absolute Gasteiger partial charge is 0.456 e. The lowest BCUT2D eigenvalue weighted by molar-refractivity contribution is -0.145. The second kappa shape index (κ2) is 6.65. The summed E-state index contributed by atoms with van der Waals surface area (Å²) >= 11 is 0. The lowest BCUT2D eigenvalue weighted by Gasteiger charge is -2.12. The van der Waals surface area contributed by atoms with Gasteiger partial charge in [0.05, 0.1) is 0 Å². The molecule has 0 aromatic heterocycles. The number of ether oxygens (including phenoxy) is 1. The zero-order valence-corrected chi connectivity index (χ0v) is 9.12. The predicted octanol–water partition coefficient (Wildman–Crippen LogP) is 1.55. The van der Waals surface area contributed by atoms with E-state index in [1.807, 2.05) is 0 Å². The summed E-state index contributed by atoms with van der Waals surface area (Å²) in [6.45, 7) is 6.65. The van der Waals surface area contributed by atoms with E-state index >= 15 is 0 Å². The van der Waals surface area contributed by atoms with Crippen LogP contribution in [0.15, 0.2) is 12.2 Å². The molecule has 2 atom stereocenters. The van der Waals surface area contributed by atoms with Crippen LogP contribution in [0.25, 0.3) is 0 Å². The van der Waals surface area contributed by atoms with Gasteiger partial charge in [-0.1, -0.05) is 13.5 Å². The Kier molecular flexibility index (Phi) is 6.28. The monoisotopic (exact) mass is 221 g/mol. The Balaban J connectivity index is 3.96. The molecule has 14 heavy (non-hydrogen) atoms. The van der Waals surface area contributed by atoms with Crippen molar-refractivity contribution in [1.29, 1.82) is 0 Å². The molecule has 1 N–H and O–H groups in total. The third kappa shape index (κ3) is 5.80. The second-order valence-corrected chi connectivity index (χ2v) is 3.48. The maximum absolute atomic E-state index is 11.0. The van der Waals surface area contributed by atoms with Crippen LogP contribution >= 0.6 is 8.25 Å². The summed E-state index contributed by atoms with van der Waals surface area (Å²) < 4.78 is 19.5. The third-order valence-corrected chi connectivity index (χ3v) is 1.82. The van der Waals surface area contributed by atoms with Crippen molar-refractivity contribution in [1.82, 2.24) is 0 Å². The molecule has 0 aromatic carbocycles. The fourth-order valence-corrected chi connectivity index (χ4v) is 0.928. The Hall–Kier alpha value is -0.770. The fourth-order valence-electron chi connectivity index (χ4n) is 0.634. The minimum absolute atomic E-state index is 0.0821. The Bertz CT molecular complexity index is 238. The Morgan fingerprint density at radius 2 is 2.21 bits per heavy atom. The van der Waals surface area contributed by atoms with E-state index in [1.54, 1.807) is 6.92 Å². The van der Waals surface area contributed by atoms with Gasteiger partial charge in [0, 0.05) is 10.1 Å². The summed E-state index contributed by atoms with van der Waals surface area (Å²) in [5, 5.41) is 0. The minimum Gasteiger partial charge on any atom is -0.456 e. The molecule has 2 unspecified atom stereocenters. The van der Waals surface area contributed by atoms with E-state index < -0.39 is 20.3 Å². The van der Waals surface area contributed by atoms with Gasteiger partial charge in [0.2, 0.25) is 0 Å². The van der Waals surface area contributed by atoms with Gasteiger partial charge in [-0.05, 0) is 13.3 Å². The zero-order valence-electron chi connectivity index (χ0n) is 8.23. The van der Waals surface area contributed by atoms with Gasteiger partial charge in [-0.25, -0.2) is 4.79 Å². The summed E-state index contributed by atoms with van der Waals surface area (Å²) in [5.74, 6) is -0.520. The first kappa shape index (κ1) is 13.2. The molecule has 80 valence electrons. The average Bonchev–Trinajstić information content (AvgIpc) is 2.11. The van der Waals surface area contributed by atoms with Crippen molar-refractivity contribution < 1.29 is 23.5 Å². The number of carbonyl (C=O) groups is 1. The van der Waals surface area contributed by atoms with E-state index in [-0.39, 0.29) is 12.2 Å². The van der Waals surface area contributed by atoms with Gasteiger partial charge in [-0.15, -0.1) is 9.42 Å². The molecule has 0 saturated heterocycles. The van der Waals surface area contributed by atoms with E-state index in [4.69, 9.17) is 9.63 Å². The van der Waals surface area contributed by atoms with E-state index in [1.165, 1.54) is 6.92 Å². The minimum atomic E-state index is -2.64. The molecule has 0 fully saturated rings. The van der Waals surface area contributed by atoms with Gasteiger partial charge in [-0.2, -0.15) is 0 Å². The van der Waals surface area contributed by atoms with Gasteiger partial charge >= 0.3 is 14.2 Å². The SMILES string of the molecule is C=C(C)C(=O)OC(CC)CO[P+](=O)O. The Morgan fingerprint density at radius 3 is 2.57 bits per heavy atom. The van der Waals surface area contributed by atoms with Gasteiger partial charge < -0.3 is 4.74 Å². The van der Waals surface area contributed by atoms with Crippen LogP contribution in [0.3, 0.4) is 0 Å². The predicted molar refractivity (Wildman–Crippen MR) is 50.8 cm³/mol. The number of rotatable bonds is 6. The van der Waals surface area contributed by atoms with Crippen LogP contribution in [-0.4, -0.2) is 23.6 Å². The normalized spacial score (nSPS) is 13.2. The highest BCUT2D eigenvalue weighted by Crippen LogP contribution is 2.16. The number of hydrogen-bond donors (Lipinski definition) is 1. The van der Waals surface area contributed by atoms with Crippen molar-refractivity contribution >= 4 is 14.2 Å². The number of hydrogen-bond acceptors (Lipinski definition) is 4. The maximum atomic E-state index is 11.0. The van der Waals surface area contributed by atoms with Crippen LogP contribution in [-0.2, 0) is 18.6 Å². The van der Waals surface area contributed by atoms with Crippen LogP contribution in [0.2, 0.25) is 0 Å². The molecule has 0 spiro atoms. The summed E-state index contributed by atoms with van der Waals surface area (Å²) in [7, 11) is -2.64. The molecule has 0 bridgehead atoms. The standard InChI is InChI=1S/C8H13O5P/c1-4-7(5-12-14(10)11)13-8(9)6(2)3/h7H,2,4-5H2,1,3H3/p+1. The topological polar surface area (TPSA) is 72.8 Å². The lowest BCUT2D eigenvalue weighted by atomic mass is 10.3. The van der Waals surface area contributed by atoms with E-state index in [2.05, 4.69) is 11.1 Å². The average molecular weight is 221 g/mol. The molecule has 0 aliphatic rings. The highest BCUT2D eigenvalue weighted by Gasteiger charge is 2.20. The van der Waals surface area contributed by atoms with Gasteiger partial charge in [0.1, 0.15) is 12.7 Å². The second-order valence-electron chi connectivity index (χ2n) is 2.75. The zero-order chi connectivity index (χ0) is 11.1. The summed E-state index contributed by atoms with van der Waals surface area (Å²) in [6, 6.07) is 0. The molecule has 6 heteroatoms. The molecule has 0 saturated carbocycles. The highest BCUT2D eigenvalue weighted by atomic mass is 31.1. The number of esters is 1. The molecule has 5 nitrogen and oxygen atoms in total. The quantitative estimate of drug-likeness (QED) is 0.418. The van der Waals surface area contributed by atoms with Gasteiger partial charge in [0.15, 0.2) is 0 Å². The van der Waals surface area contributed by atoms with Crippen LogP contribution in [0.1, 0.15) is 20.3 Å². The molecule has 0 aromatic rings. The summed E-state index contributed by atoms with van der Waals surface area (Å²) in [4.78, 5) is 19.4. The van der Waals surface area contributed by atoms with Crippen LogP contribution in [0.4, 0.5) is 0 Å². The lowest BCUT2D eigenvalue weighted by Crippen LogP contribution is -2.22. The van der Waals surface area contributed by atoms with E-state index in [0.29, 0.717) is 6.42 Å². The molecular weight excluding hydrogens is 207 g/mol. The van der Waals surface area contributed by atoms with Crippen molar-refractivity contribution in [2.24, 2.45) is 0 Å². The Labute approximate surface area is 83.7 Å². The van der Waals surface area contributed by atoms with Crippen molar-refractivity contribution in [3.05, 3.63) is 12.2 Å². The van der Waals surface area contributed by atoms with E-state index in [0.717, 1.165) is 0 Å². The Morgan fingerprint density at radius 1 is 1.64 bits per heavy atom. The van der Waals surface area contributed by atoms with Gasteiger partial charge in [0.25, 0.3) is 0 Å². The fraction of sp³-hybridized carbons (Fsp3) is 0.625. The highest BCUT2D eigenvalue weighted by molar-refractivity contribution is 7.32. The summed E-state index contributed by atoms with van der Waals surface area (Å²) in [5.41, 5.74) is 0.289. The van der Waals surface area contributed by atoms with Crippen LogP contribution in [0, 0.1) is 0 Å².